The number of rotatable bonds is 4. The third-order valence-corrected chi connectivity index (χ3v) is 5.07. The van der Waals surface area contributed by atoms with Crippen LogP contribution in [0.2, 0.25) is 0 Å². The molecule has 0 radical (unpaired) electrons. The van der Waals surface area contributed by atoms with Crippen molar-refractivity contribution < 1.29 is 9.53 Å². The first-order chi connectivity index (χ1) is 13.1. The Bertz CT molecular complexity index is 930. The fraction of sp³-hybridized carbons (Fsp3) is 0.333. The molecule has 6 heteroatoms. The van der Waals surface area contributed by atoms with E-state index in [4.69, 9.17) is 4.74 Å². The summed E-state index contributed by atoms with van der Waals surface area (Å²) in [5.74, 6) is 0.523. The predicted molar refractivity (Wildman–Crippen MR) is 106 cm³/mol. The average Bonchev–Trinajstić information content (AvgIpc) is 3.04. The molecule has 140 valence electrons. The van der Waals surface area contributed by atoms with E-state index in [-0.39, 0.29) is 5.91 Å². The number of aromatic nitrogens is 2. The molecule has 1 saturated heterocycles. The highest BCUT2D eigenvalue weighted by molar-refractivity contribution is 5.86. The van der Waals surface area contributed by atoms with Crippen LogP contribution in [0.4, 0.5) is 5.69 Å². The summed E-state index contributed by atoms with van der Waals surface area (Å²) in [4.78, 5) is 17.0. The standard InChI is InChI=1S/C21H24N4O2/c1-16(27-20-18-10-6-7-11-19(18)23(2)22-20)21(26)25-14-12-24(13-15-25)17-8-4-3-5-9-17/h3-11,16H,12-15H2,1-2H3. The highest BCUT2D eigenvalue weighted by Crippen LogP contribution is 2.25. The lowest BCUT2D eigenvalue weighted by Gasteiger charge is -2.37. The summed E-state index contributed by atoms with van der Waals surface area (Å²) in [6, 6.07) is 18.2. The Labute approximate surface area is 158 Å². The second kappa shape index (κ2) is 7.31. The zero-order valence-electron chi connectivity index (χ0n) is 15.7. The number of amides is 1. The number of carbonyl (C=O) groups excluding carboxylic acids is 1. The molecule has 0 N–H and O–H groups in total. The largest absolute Gasteiger partial charge is 0.463 e. The van der Waals surface area contributed by atoms with Gasteiger partial charge in [0.15, 0.2) is 6.10 Å². The van der Waals surface area contributed by atoms with Gasteiger partial charge in [-0.3, -0.25) is 9.48 Å². The second-order valence-corrected chi connectivity index (χ2v) is 6.85. The number of aryl methyl sites for hydroxylation is 1. The number of hydrogen-bond donors (Lipinski definition) is 0. The van der Waals surface area contributed by atoms with Crippen LogP contribution in [0.25, 0.3) is 10.9 Å². The fourth-order valence-corrected chi connectivity index (χ4v) is 3.57. The van der Waals surface area contributed by atoms with Gasteiger partial charge in [-0.2, -0.15) is 0 Å². The van der Waals surface area contributed by atoms with Crippen molar-refractivity contribution in [3.05, 3.63) is 54.6 Å². The van der Waals surface area contributed by atoms with Crippen molar-refractivity contribution in [2.24, 2.45) is 7.05 Å². The molecule has 3 aromatic rings. The minimum absolute atomic E-state index is 0.0115. The highest BCUT2D eigenvalue weighted by Gasteiger charge is 2.27. The number of benzene rings is 2. The Morgan fingerprint density at radius 1 is 1.00 bits per heavy atom. The van der Waals surface area contributed by atoms with Crippen LogP contribution >= 0.6 is 0 Å². The predicted octanol–water partition coefficient (Wildman–Crippen LogP) is 2.69. The molecule has 1 amide bonds. The van der Waals surface area contributed by atoms with Gasteiger partial charge >= 0.3 is 0 Å². The number of fused-ring (bicyclic) bond motifs is 1. The van der Waals surface area contributed by atoms with Gasteiger partial charge in [0.05, 0.1) is 10.9 Å². The summed E-state index contributed by atoms with van der Waals surface area (Å²) in [7, 11) is 1.88. The van der Waals surface area contributed by atoms with E-state index in [1.54, 1.807) is 11.6 Å². The number of hydrogen-bond acceptors (Lipinski definition) is 4. The van der Waals surface area contributed by atoms with E-state index >= 15 is 0 Å². The maximum Gasteiger partial charge on any atom is 0.263 e. The van der Waals surface area contributed by atoms with Gasteiger partial charge in [0.1, 0.15) is 0 Å². The van der Waals surface area contributed by atoms with Crippen molar-refractivity contribution in [3.63, 3.8) is 0 Å². The lowest BCUT2D eigenvalue weighted by atomic mass is 10.2. The Balaban J connectivity index is 1.40. The minimum Gasteiger partial charge on any atom is -0.463 e. The Hall–Kier alpha value is -3.02. The first-order valence-electron chi connectivity index (χ1n) is 9.30. The zero-order chi connectivity index (χ0) is 18.8. The van der Waals surface area contributed by atoms with E-state index in [9.17, 15) is 4.79 Å². The lowest BCUT2D eigenvalue weighted by Crippen LogP contribution is -2.52. The lowest BCUT2D eigenvalue weighted by molar-refractivity contribution is -0.138. The summed E-state index contributed by atoms with van der Waals surface area (Å²) in [5, 5.41) is 5.35. The van der Waals surface area contributed by atoms with Crippen LogP contribution in [-0.2, 0) is 11.8 Å². The van der Waals surface area contributed by atoms with Crippen molar-refractivity contribution in [1.29, 1.82) is 0 Å². The van der Waals surface area contributed by atoms with Gasteiger partial charge in [0, 0.05) is 38.9 Å². The minimum atomic E-state index is -0.563. The van der Waals surface area contributed by atoms with Gasteiger partial charge < -0.3 is 14.5 Å². The Morgan fingerprint density at radius 3 is 2.41 bits per heavy atom. The van der Waals surface area contributed by atoms with Crippen LogP contribution in [0.5, 0.6) is 5.88 Å². The topological polar surface area (TPSA) is 50.6 Å². The molecule has 0 saturated carbocycles. The monoisotopic (exact) mass is 364 g/mol. The van der Waals surface area contributed by atoms with E-state index in [1.807, 2.05) is 54.4 Å². The highest BCUT2D eigenvalue weighted by atomic mass is 16.5. The van der Waals surface area contributed by atoms with Crippen molar-refractivity contribution in [3.8, 4) is 5.88 Å². The van der Waals surface area contributed by atoms with E-state index in [0.29, 0.717) is 19.0 Å². The number of carbonyl (C=O) groups is 1. The summed E-state index contributed by atoms with van der Waals surface area (Å²) < 4.78 is 7.72. The van der Waals surface area contributed by atoms with Crippen molar-refractivity contribution in [2.45, 2.75) is 13.0 Å². The van der Waals surface area contributed by atoms with Gasteiger partial charge in [-0.1, -0.05) is 30.3 Å². The molecule has 4 rings (SSSR count). The number of para-hydroxylation sites is 2. The summed E-state index contributed by atoms with van der Waals surface area (Å²) in [6.07, 6.45) is -0.563. The summed E-state index contributed by atoms with van der Waals surface area (Å²) in [6.45, 7) is 4.86. The molecule has 1 atom stereocenters. The fourth-order valence-electron chi connectivity index (χ4n) is 3.57. The van der Waals surface area contributed by atoms with Crippen LogP contribution in [0.1, 0.15) is 6.92 Å². The maximum absolute atomic E-state index is 12.8. The zero-order valence-corrected chi connectivity index (χ0v) is 15.7. The molecule has 1 aliphatic heterocycles. The number of anilines is 1. The molecule has 2 heterocycles. The maximum atomic E-state index is 12.8. The second-order valence-electron chi connectivity index (χ2n) is 6.85. The third kappa shape index (κ3) is 3.47. The van der Waals surface area contributed by atoms with Crippen molar-refractivity contribution in [1.82, 2.24) is 14.7 Å². The van der Waals surface area contributed by atoms with Crippen LogP contribution in [-0.4, -0.2) is 52.9 Å². The first-order valence-corrected chi connectivity index (χ1v) is 9.30. The number of nitrogens with zero attached hydrogens (tertiary/aromatic N) is 4. The number of ether oxygens (including phenoxy) is 1. The molecule has 1 aliphatic rings. The van der Waals surface area contributed by atoms with Crippen molar-refractivity contribution >= 4 is 22.5 Å². The van der Waals surface area contributed by atoms with Crippen LogP contribution < -0.4 is 9.64 Å². The van der Waals surface area contributed by atoms with Gasteiger partial charge in [-0.05, 0) is 31.2 Å². The molecular formula is C21H24N4O2. The summed E-state index contributed by atoms with van der Waals surface area (Å²) in [5.41, 5.74) is 2.19. The molecule has 0 spiro atoms. The Morgan fingerprint density at radius 2 is 1.67 bits per heavy atom. The molecule has 1 fully saturated rings. The van der Waals surface area contributed by atoms with Crippen LogP contribution in [0.3, 0.4) is 0 Å². The van der Waals surface area contributed by atoms with Gasteiger partial charge in [-0.15, -0.1) is 5.10 Å². The summed E-state index contributed by atoms with van der Waals surface area (Å²) >= 11 is 0. The van der Waals surface area contributed by atoms with Crippen molar-refractivity contribution in [2.75, 3.05) is 31.1 Å². The smallest absolute Gasteiger partial charge is 0.263 e. The van der Waals surface area contributed by atoms with Crippen LogP contribution in [0.15, 0.2) is 54.6 Å². The first kappa shape index (κ1) is 17.4. The van der Waals surface area contributed by atoms with Gasteiger partial charge in [0.25, 0.3) is 5.91 Å². The van der Waals surface area contributed by atoms with Gasteiger partial charge in [-0.25, -0.2) is 0 Å². The average molecular weight is 364 g/mol. The third-order valence-electron chi connectivity index (χ3n) is 5.07. The van der Waals surface area contributed by atoms with E-state index in [0.717, 1.165) is 24.0 Å². The normalized spacial score (nSPS) is 15.8. The van der Waals surface area contributed by atoms with Crippen LogP contribution in [0, 0.1) is 0 Å². The van der Waals surface area contributed by atoms with Gasteiger partial charge in [0.2, 0.25) is 5.88 Å². The molecule has 27 heavy (non-hydrogen) atoms. The molecular weight excluding hydrogens is 340 g/mol. The molecule has 1 aromatic heterocycles. The Kier molecular flexibility index (Phi) is 4.71. The quantitative estimate of drug-likeness (QED) is 0.714. The molecule has 1 unspecified atom stereocenters. The number of piperazine rings is 1. The van der Waals surface area contributed by atoms with E-state index in [2.05, 4.69) is 22.1 Å². The molecule has 6 nitrogen and oxygen atoms in total. The van der Waals surface area contributed by atoms with E-state index in [1.165, 1.54) is 5.69 Å². The SMILES string of the molecule is CC(Oc1nn(C)c2ccccc12)C(=O)N1CCN(c2ccccc2)CC1. The molecule has 2 aromatic carbocycles. The molecule has 0 bridgehead atoms. The van der Waals surface area contributed by atoms with E-state index < -0.39 is 6.10 Å². The molecule has 0 aliphatic carbocycles.